The lowest BCUT2D eigenvalue weighted by atomic mass is 10.0. The van der Waals surface area contributed by atoms with Crippen LogP contribution in [0.25, 0.3) is 0 Å². The summed E-state index contributed by atoms with van der Waals surface area (Å²) >= 11 is 0. The molecule has 0 amide bonds. The summed E-state index contributed by atoms with van der Waals surface area (Å²) < 4.78 is 0. The summed E-state index contributed by atoms with van der Waals surface area (Å²) in [5, 5.41) is 3.57. The standard InChI is InChI=1S/C17H30N4/c1-17(2,3)19-13-14-12-18-9-6-16(14)21-10-7-15(8-11-21)20(4)5/h6,9,12,15,19H,7-8,10-11,13H2,1-5H3. The van der Waals surface area contributed by atoms with E-state index in [-0.39, 0.29) is 5.54 Å². The van der Waals surface area contributed by atoms with Gasteiger partial charge in [-0.05, 0) is 53.8 Å². The SMILES string of the molecule is CN(C)C1CCN(c2ccncc2CNC(C)(C)C)CC1. The van der Waals surface area contributed by atoms with Gasteiger partial charge in [0.15, 0.2) is 0 Å². The van der Waals surface area contributed by atoms with Gasteiger partial charge in [-0.3, -0.25) is 4.98 Å². The molecule has 0 unspecified atom stereocenters. The number of nitrogens with one attached hydrogen (secondary N) is 1. The second-order valence-electron chi connectivity index (χ2n) is 7.29. The maximum Gasteiger partial charge on any atom is 0.0442 e. The van der Waals surface area contributed by atoms with E-state index in [4.69, 9.17) is 0 Å². The Morgan fingerprint density at radius 3 is 2.52 bits per heavy atom. The highest BCUT2D eigenvalue weighted by atomic mass is 15.2. The van der Waals surface area contributed by atoms with Crippen molar-refractivity contribution in [3.8, 4) is 0 Å². The van der Waals surface area contributed by atoms with E-state index < -0.39 is 0 Å². The number of rotatable bonds is 4. The molecule has 0 spiro atoms. The van der Waals surface area contributed by atoms with E-state index in [1.165, 1.54) is 24.1 Å². The quantitative estimate of drug-likeness (QED) is 0.923. The number of aromatic nitrogens is 1. The molecule has 1 aliphatic rings. The van der Waals surface area contributed by atoms with Crippen LogP contribution < -0.4 is 10.2 Å². The molecule has 1 fully saturated rings. The van der Waals surface area contributed by atoms with Gasteiger partial charge >= 0.3 is 0 Å². The largest absolute Gasteiger partial charge is 0.371 e. The van der Waals surface area contributed by atoms with Crippen molar-refractivity contribution in [3.63, 3.8) is 0 Å². The van der Waals surface area contributed by atoms with Crippen molar-refractivity contribution >= 4 is 5.69 Å². The highest BCUT2D eigenvalue weighted by Gasteiger charge is 2.22. The van der Waals surface area contributed by atoms with Crippen LogP contribution in [0.3, 0.4) is 0 Å². The molecule has 1 aromatic rings. The van der Waals surface area contributed by atoms with Crippen LogP contribution in [-0.4, -0.2) is 48.6 Å². The second kappa shape index (κ2) is 6.75. The first-order valence-electron chi connectivity index (χ1n) is 7.96. The summed E-state index contributed by atoms with van der Waals surface area (Å²) in [6.07, 6.45) is 6.39. The zero-order valence-corrected chi connectivity index (χ0v) is 14.2. The summed E-state index contributed by atoms with van der Waals surface area (Å²) in [7, 11) is 4.37. The fourth-order valence-corrected chi connectivity index (χ4v) is 2.85. The molecule has 1 aliphatic heterocycles. The van der Waals surface area contributed by atoms with Gasteiger partial charge in [-0.2, -0.15) is 0 Å². The normalized spacial score (nSPS) is 17.5. The predicted octanol–water partition coefficient (Wildman–Crippen LogP) is 2.50. The molecule has 0 aliphatic carbocycles. The Morgan fingerprint density at radius 1 is 1.29 bits per heavy atom. The van der Waals surface area contributed by atoms with Crippen LogP contribution in [-0.2, 0) is 6.54 Å². The van der Waals surface area contributed by atoms with E-state index in [0.29, 0.717) is 0 Å². The fraction of sp³-hybridized carbons (Fsp3) is 0.706. The van der Waals surface area contributed by atoms with Gasteiger partial charge in [0.1, 0.15) is 0 Å². The Kier molecular flexibility index (Phi) is 5.22. The minimum absolute atomic E-state index is 0.130. The molecule has 0 bridgehead atoms. The van der Waals surface area contributed by atoms with E-state index >= 15 is 0 Å². The van der Waals surface area contributed by atoms with Gasteiger partial charge in [0.2, 0.25) is 0 Å². The summed E-state index contributed by atoms with van der Waals surface area (Å²) in [4.78, 5) is 9.18. The third kappa shape index (κ3) is 4.68. The summed E-state index contributed by atoms with van der Waals surface area (Å²) in [6, 6.07) is 2.88. The minimum atomic E-state index is 0.130. The first kappa shape index (κ1) is 16.2. The minimum Gasteiger partial charge on any atom is -0.371 e. The number of hydrogen-bond donors (Lipinski definition) is 1. The van der Waals surface area contributed by atoms with Crippen molar-refractivity contribution in [2.45, 2.75) is 51.7 Å². The lowest BCUT2D eigenvalue weighted by molar-refractivity contribution is 0.249. The summed E-state index contributed by atoms with van der Waals surface area (Å²) in [6.45, 7) is 9.74. The molecular weight excluding hydrogens is 260 g/mol. The smallest absolute Gasteiger partial charge is 0.0442 e. The predicted molar refractivity (Wildman–Crippen MR) is 89.8 cm³/mol. The molecule has 4 nitrogen and oxygen atoms in total. The highest BCUT2D eigenvalue weighted by Crippen LogP contribution is 2.25. The second-order valence-corrected chi connectivity index (χ2v) is 7.29. The van der Waals surface area contributed by atoms with E-state index in [0.717, 1.165) is 25.7 Å². The number of pyridine rings is 1. The zero-order valence-electron chi connectivity index (χ0n) is 14.2. The molecule has 2 rings (SSSR count). The molecule has 0 aromatic carbocycles. The van der Waals surface area contributed by atoms with E-state index in [1.807, 2.05) is 12.4 Å². The Morgan fingerprint density at radius 2 is 1.95 bits per heavy atom. The average Bonchev–Trinajstić information content (AvgIpc) is 2.45. The maximum absolute atomic E-state index is 4.31. The van der Waals surface area contributed by atoms with Crippen LogP contribution in [0.2, 0.25) is 0 Å². The topological polar surface area (TPSA) is 31.4 Å². The first-order chi connectivity index (χ1) is 9.87. The van der Waals surface area contributed by atoms with Crippen molar-refractivity contribution < 1.29 is 0 Å². The highest BCUT2D eigenvalue weighted by molar-refractivity contribution is 5.52. The van der Waals surface area contributed by atoms with Gasteiger partial charge in [0.25, 0.3) is 0 Å². The Bertz CT molecular complexity index is 442. The van der Waals surface area contributed by atoms with Gasteiger partial charge in [-0.25, -0.2) is 0 Å². The number of anilines is 1. The lowest BCUT2D eigenvalue weighted by Crippen LogP contribution is -2.42. The van der Waals surface area contributed by atoms with Gasteiger partial charge in [0.05, 0.1) is 0 Å². The van der Waals surface area contributed by atoms with Crippen LogP contribution >= 0.6 is 0 Å². The number of hydrogen-bond acceptors (Lipinski definition) is 4. The summed E-state index contributed by atoms with van der Waals surface area (Å²) in [5.74, 6) is 0. The average molecular weight is 290 g/mol. The van der Waals surface area contributed by atoms with Crippen LogP contribution in [0.1, 0.15) is 39.2 Å². The number of piperidine rings is 1. The molecule has 4 heteroatoms. The molecule has 0 saturated carbocycles. The maximum atomic E-state index is 4.31. The number of nitrogens with zero attached hydrogens (tertiary/aromatic N) is 3. The third-order valence-corrected chi connectivity index (χ3v) is 4.22. The molecule has 0 atom stereocenters. The fourth-order valence-electron chi connectivity index (χ4n) is 2.85. The first-order valence-corrected chi connectivity index (χ1v) is 7.96. The van der Waals surface area contributed by atoms with Crippen molar-refractivity contribution in [2.24, 2.45) is 0 Å². The van der Waals surface area contributed by atoms with Crippen LogP contribution in [0, 0.1) is 0 Å². The Balaban J connectivity index is 2.03. The Labute approximate surface area is 129 Å². The van der Waals surface area contributed by atoms with Crippen molar-refractivity contribution in [1.29, 1.82) is 0 Å². The molecule has 1 N–H and O–H groups in total. The molecule has 1 aromatic heterocycles. The lowest BCUT2D eigenvalue weighted by Gasteiger charge is -2.37. The van der Waals surface area contributed by atoms with Crippen LogP contribution in [0.4, 0.5) is 5.69 Å². The molecular formula is C17H30N4. The Hall–Kier alpha value is -1.13. The van der Waals surface area contributed by atoms with E-state index in [2.05, 4.69) is 61.0 Å². The van der Waals surface area contributed by atoms with Crippen molar-refractivity contribution in [1.82, 2.24) is 15.2 Å². The third-order valence-electron chi connectivity index (χ3n) is 4.22. The summed E-state index contributed by atoms with van der Waals surface area (Å²) in [5.41, 5.74) is 2.78. The van der Waals surface area contributed by atoms with Crippen molar-refractivity contribution in [2.75, 3.05) is 32.1 Å². The van der Waals surface area contributed by atoms with Gasteiger partial charge in [-0.15, -0.1) is 0 Å². The molecule has 118 valence electrons. The van der Waals surface area contributed by atoms with E-state index in [9.17, 15) is 0 Å². The molecule has 1 saturated heterocycles. The van der Waals surface area contributed by atoms with Gasteiger partial charge in [-0.1, -0.05) is 0 Å². The molecule has 0 radical (unpaired) electrons. The molecule has 21 heavy (non-hydrogen) atoms. The van der Waals surface area contributed by atoms with E-state index in [1.54, 1.807) is 0 Å². The molecule has 2 heterocycles. The van der Waals surface area contributed by atoms with Crippen LogP contribution in [0.5, 0.6) is 0 Å². The van der Waals surface area contributed by atoms with Gasteiger partial charge in [0, 0.05) is 54.9 Å². The van der Waals surface area contributed by atoms with Gasteiger partial charge < -0.3 is 15.1 Å². The zero-order chi connectivity index (χ0) is 15.5. The van der Waals surface area contributed by atoms with Crippen molar-refractivity contribution in [3.05, 3.63) is 24.0 Å². The monoisotopic (exact) mass is 290 g/mol. The van der Waals surface area contributed by atoms with Crippen LogP contribution in [0.15, 0.2) is 18.5 Å².